The van der Waals surface area contributed by atoms with E-state index in [4.69, 9.17) is 0 Å². The van der Waals surface area contributed by atoms with Crippen LogP contribution in [0.25, 0.3) is 0 Å². The third-order valence-electron chi connectivity index (χ3n) is 2.54. The number of ether oxygens (including phenoxy) is 2. The zero-order chi connectivity index (χ0) is 15.4. The number of unbranched alkanes of at least 4 members (excludes halogenated alkanes) is 4. The summed E-state index contributed by atoms with van der Waals surface area (Å²) in [4.78, 5) is 45.1. The molecule has 0 aliphatic carbocycles. The minimum absolute atomic E-state index is 0.0667. The van der Waals surface area contributed by atoms with Gasteiger partial charge in [0.1, 0.15) is 0 Å². The summed E-state index contributed by atoms with van der Waals surface area (Å²) in [7, 11) is 0. The van der Waals surface area contributed by atoms with Crippen molar-refractivity contribution in [1.82, 2.24) is 0 Å². The van der Waals surface area contributed by atoms with Crippen LogP contribution in [0.4, 0.5) is 0 Å². The van der Waals surface area contributed by atoms with Gasteiger partial charge in [-0.15, -0.1) is 0 Å². The Morgan fingerprint density at radius 1 is 0.650 bits per heavy atom. The molecule has 0 rings (SSSR count). The molecule has 0 heterocycles. The van der Waals surface area contributed by atoms with Crippen LogP contribution in [-0.2, 0) is 28.7 Å². The predicted molar refractivity (Wildman–Crippen MR) is 71.0 cm³/mol. The van der Waals surface area contributed by atoms with Crippen LogP contribution in [0.3, 0.4) is 0 Å². The second-order valence-corrected chi connectivity index (χ2v) is 4.34. The highest BCUT2D eigenvalue weighted by molar-refractivity contribution is 6.76. The first-order chi connectivity index (χ1) is 9.54. The fourth-order valence-corrected chi connectivity index (χ4v) is 1.35. The van der Waals surface area contributed by atoms with Gasteiger partial charge in [-0.25, -0.2) is 9.59 Å². The molecule has 114 valence electrons. The Kier molecular flexibility index (Phi) is 10.2. The Bertz CT molecular complexity index is 314. The molecule has 0 aromatic rings. The van der Waals surface area contributed by atoms with Crippen LogP contribution < -0.4 is 0 Å². The van der Waals surface area contributed by atoms with Crippen LogP contribution in [0.2, 0.25) is 0 Å². The molecule has 0 fully saturated rings. The van der Waals surface area contributed by atoms with Gasteiger partial charge in [0.2, 0.25) is 0 Å². The smallest absolute Gasteiger partial charge is 0.383 e. The Morgan fingerprint density at radius 3 is 1.30 bits per heavy atom. The first kappa shape index (κ1) is 18.3. The molecule has 0 aliphatic heterocycles. The summed E-state index contributed by atoms with van der Waals surface area (Å²) in [6.07, 6.45) is 4.82. The van der Waals surface area contributed by atoms with Gasteiger partial charge >= 0.3 is 23.5 Å². The van der Waals surface area contributed by atoms with E-state index in [0.717, 1.165) is 25.7 Å². The van der Waals surface area contributed by atoms with Gasteiger partial charge in [-0.1, -0.05) is 39.5 Å². The quantitative estimate of drug-likeness (QED) is 0.248. The summed E-state index contributed by atoms with van der Waals surface area (Å²) < 4.78 is 9.21. The number of esters is 2. The number of hydrogen-bond acceptors (Lipinski definition) is 6. The SMILES string of the molecule is CCCCCOC(=O)C(=O)C(=O)C(=O)OCCCCC. The lowest BCUT2D eigenvalue weighted by Gasteiger charge is -2.04. The maximum absolute atomic E-state index is 11.3. The van der Waals surface area contributed by atoms with Gasteiger partial charge in [0.25, 0.3) is 0 Å². The molecule has 20 heavy (non-hydrogen) atoms. The first-order valence-corrected chi connectivity index (χ1v) is 6.97. The van der Waals surface area contributed by atoms with E-state index >= 15 is 0 Å². The molecule has 6 heteroatoms. The van der Waals surface area contributed by atoms with Gasteiger partial charge in [-0.3, -0.25) is 9.59 Å². The monoisotopic (exact) mass is 286 g/mol. The van der Waals surface area contributed by atoms with Crippen LogP contribution in [0.1, 0.15) is 52.4 Å². The highest BCUT2D eigenvalue weighted by atomic mass is 16.5. The van der Waals surface area contributed by atoms with Crippen molar-refractivity contribution in [3.8, 4) is 0 Å². The van der Waals surface area contributed by atoms with Crippen molar-refractivity contribution in [1.29, 1.82) is 0 Å². The predicted octanol–water partition coefficient (Wildman–Crippen LogP) is 1.59. The summed E-state index contributed by atoms with van der Waals surface area (Å²) in [6, 6.07) is 0. The molecular weight excluding hydrogens is 264 g/mol. The second kappa shape index (κ2) is 11.1. The molecule has 0 saturated heterocycles. The minimum Gasteiger partial charge on any atom is -0.460 e. The topological polar surface area (TPSA) is 86.7 Å². The molecule has 0 N–H and O–H groups in total. The van der Waals surface area contributed by atoms with Gasteiger partial charge in [0.15, 0.2) is 0 Å². The molecule has 0 saturated carbocycles. The highest BCUT2D eigenvalue weighted by Gasteiger charge is 2.31. The number of rotatable bonds is 11. The third-order valence-corrected chi connectivity index (χ3v) is 2.54. The minimum atomic E-state index is -1.47. The lowest BCUT2D eigenvalue weighted by atomic mass is 10.2. The molecule has 0 radical (unpaired) electrons. The van der Waals surface area contributed by atoms with E-state index in [0.29, 0.717) is 12.8 Å². The molecule has 6 nitrogen and oxygen atoms in total. The molecule has 0 aromatic carbocycles. The van der Waals surface area contributed by atoms with Gasteiger partial charge < -0.3 is 9.47 Å². The van der Waals surface area contributed by atoms with Crippen molar-refractivity contribution in [2.24, 2.45) is 0 Å². The summed E-state index contributed by atoms with van der Waals surface area (Å²) in [5, 5.41) is 0. The normalized spacial score (nSPS) is 9.90. The Labute approximate surface area is 118 Å². The van der Waals surface area contributed by atoms with Crippen molar-refractivity contribution < 1.29 is 28.7 Å². The molecule has 0 aliphatic rings. The van der Waals surface area contributed by atoms with Crippen molar-refractivity contribution in [2.75, 3.05) is 13.2 Å². The van der Waals surface area contributed by atoms with Gasteiger partial charge in [-0.2, -0.15) is 0 Å². The lowest BCUT2D eigenvalue weighted by molar-refractivity contribution is -0.163. The fourth-order valence-electron chi connectivity index (χ4n) is 1.35. The van der Waals surface area contributed by atoms with Crippen LogP contribution in [0, 0.1) is 0 Å². The van der Waals surface area contributed by atoms with Crippen LogP contribution >= 0.6 is 0 Å². The molecule has 0 aromatic heterocycles. The number of hydrogen-bond donors (Lipinski definition) is 0. The third kappa shape index (κ3) is 7.66. The van der Waals surface area contributed by atoms with E-state index in [1.807, 2.05) is 13.8 Å². The number of carbonyl (C=O) groups is 4. The zero-order valence-electron chi connectivity index (χ0n) is 12.1. The van der Waals surface area contributed by atoms with Gasteiger partial charge in [0.05, 0.1) is 13.2 Å². The average Bonchev–Trinajstić information content (AvgIpc) is 2.46. The van der Waals surface area contributed by atoms with E-state index in [1.165, 1.54) is 0 Å². The fraction of sp³-hybridized carbons (Fsp3) is 0.714. The number of carbonyl (C=O) groups excluding carboxylic acids is 4. The molecule has 0 amide bonds. The summed E-state index contributed by atoms with van der Waals surface area (Å²) in [5.74, 6) is -5.53. The molecular formula is C14H22O6. The summed E-state index contributed by atoms with van der Waals surface area (Å²) in [5.41, 5.74) is 0. The largest absolute Gasteiger partial charge is 0.460 e. The van der Waals surface area contributed by atoms with Crippen molar-refractivity contribution >= 4 is 23.5 Å². The standard InChI is InChI=1S/C14H22O6/c1-3-5-7-9-19-13(17)11(15)12(16)14(18)20-10-8-6-4-2/h3-10H2,1-2H3. The van der Waals surface area contributed by atoms with Crippen molar-refractivity contribution in [2.45, 2.75) is 52.4 Å². The van der Waals surface area contributed by atoms with E-state index in [1.54, 1.807) is 0 Å². The van der Waals surface area contributed by atoms with E-state index in [2.05, 4.69) is 9.47 Å². The number of Topliss-reactive ketones (excluding diaryl/α,β-unsaturated/α-hetero) is 2. The summed E-state index contributed by atoms with van der Waals surface area (Å²) in [6.45, 7) is 4.09. The van der Waals surface area contributed by atoms with Gasteiger partial charge in [-0.05, 0) is 12.8 Å². The first-order valence-electron chi connectivity index (χ1n) is 6.97. The lowest BCUT2D eigenvalue weighted by Crippen LogP contribution is -2.33. The Hall–Kier alpha value is -1.72. The van der Waals surface area contributed by atoms with Crippen LogP contribution in [0.5, 0.6) is 0 Å². The van der Waals surface area contributed by atoms with Crippen LogP contribution in [-0.4, -0.2) is 36.7 Å². The molecule has 0 bridgehead atoms. The van der Waals surface area contributed by atoms with E-state index < -0.39 is 23.5 Å². The van der Waals surface area contributed by atoms with Crippen LogP contribution in [0.15, 0.2) is 0 Å². The van der Waals surface area contributed by atoms with E-state index in [9.17, 15) is 19.2 Å². The Morgan fingerprint density at radius 2 is 1.00 bits per heavy atom. The summed E-state index contributed by atoms with van der Waals surface area (Å²) >= 11 is 0. The van der Waals surface area contributed by atoms with Crippen molar-refractivity contribution in [3.05, 3.63) is 0 Å². The highest BCUT2D eigenvalue weighted by Crippen LogP contribution is 1.97. The Balaban J connectivity index is 4.02. The second-order valence-electron chi connectivity index (χ2n) is 4.34. The van der Waals surface area contributed by atoms with Crippen molar-refractivity contribution in [3.63, 3.8) is 0 Å². The maximum Gasteiger partial charge on any atom is 0.383 e. The maximum atomic E-state index is 11.3. The molecule has 0 atom stereocenters. The molecule has 0 spiro atoms. The molecule has 0 unspecified atom stereocenters. The average molecular weight is 286 g/mol. The number of ketones is 2. The zero-order valence-corrected chi connectivity index (χ0v) is 12.1. The van der Waals surface area contributed by atoms with Gasteiger partial charge in [0, 0.05) is 0 Å². The van der Waals surface area contributed by atoms with E-state index in [-0.39, 0.29) is 13.2 Å².